The predicted octanol–water partition coefficient (Wildman–Crippen LogP) is 3.08. The van der Waals surface area contributed by atoms with E-state index in [0.29, 0.717) is 22.2 Å². The molecule has 0 atom stereocenters. The number of aryl methyl sites for hydroxylation is 1. The summed E-state index contributed by atoms with van der Waals surface area (Å²) in [6.07, 6.45) is 0. The number of hydrogen-bond donors (Lipinski definition) is 3. The minimum Gasteiger partial charge on any atom is -0.394 e. The van der Waals surface area contributed by atoms with Gasteiger partial charge in [-0.3, -0.25) is 9.59 Å². The normalized spacial score (nSPS) is 10.5. The molecule has 3 N–H and O–H groups in total. The number of rotatable bonds is 5. The zero-order valence-corrected chi connectivity index (χ0v) is 15.9. The maximum atomic E-state index is 12.3. The molecule has 3 aromatic rings. The van der Waals surface area contributed by atoms with Crippen LogP contribution in [0.5, 0.6) is 0 Å². The molecule has 0 aliphatic carbocycles. The van der Waals surface area contributed by atoms with Gasteiger partial charge in [0.25, 0.3) is 0 Å². The Kier molecular flexibility index (Phi) is 6.08. The monoisotopic (exact) mass is 398 g/mol. The van der Waals surface area contributed by atoms with Crippen molar-refractivity contribution in [2.45, 2.75) is 13.5 Å². The summed E-state index contributed by atoms with van der Waals surface area (Å²) in [5.41, 5.74) is 2.81. The molecule has 28 heavy (non-hydrogen) atoms. The first kappa shape index (κ1) is 19.6. The zero-order chi connectivity index (χ0) is 20.1. The number of benzene rings is 2. The van der Waals surface area contributed by atoms with E-state index in [1.54, 1.807) is 25.1 Å². The maximum Gasteiger partial charge on any atom is 0.315 e. The highest BCUT2D eigenvalue weighted by molar-refractivity contribution is 6.44. The van der Waals surface area contributed by atoms with Crippen LogP contribution in [0.4, 0.5) is 11.5 Å². The van der Waals surface area contributed by atoms with Crippen LogP contribution in [-0.2, 0) is 16.1 Å². The highest BCUT2D eigenvalue weighted by Gasteiger charge is 2.18. The van der Waals surface area contributed by atoms with Crippen molar-refractivity contribution < 1.29 is 14.7 Å². The van der Waals surface area contributed by atoms with Crippen molar-refractivity contribution in [3.63, 3.8) is 0 Å². The van der Waals surface area contributed by atoms with Gasteiger partial charge in [0, 0.05) is 6.07 Å². The van der Waals surface area contributed by atoms with Crippen LogP contribution < -0.4 is 10.6 Å². The van der Waals surface area contributed by atoms with Crippen LogP contribution in [0.15, 0.2) is 54.6 Å². The molecule has 0 bridgehead atoms. The largest absolute Gasteiger partial charge is 0.394 e. The fraction of sp³-hybridized carbons (Fsp3) is 0.150. The molecule has 8 heteroatoms. The Morgan fingerprint density at radius 2 is 1.75 bits per heavy atom. The summed E-state index contributed by atoms with van der Waals surface area (Å²) < 4.78 is 1.42. The summed E-state index contributed by atoms with van der Waals surface area (Å²) in [4.78, 5) is 24.6. The third kappa shape index (κ3) is 4.57. The number of nitrogens with zero attached hydrogens (tertiary/aromatic N) is 2. The molecule has 0 aliphatic rings. The fourth-order valence-corrected chi connectivity index (χ4v) is 2.86. The molecular formula is C20H19ClN4O3. The van der Waals surface area contributed by atoms with Crippen LogP contribution in [0, 0.1) is 6.92 Å². The molecule has 1 aromatic heterocycles. The number of anilines is 2. The Balaban J connectivity index is 1.75. The lowest BCUT2D eigenvalue weighted by atomic mass is 10.1. The van der Waals surface area contributed by atoms with Gasteiger partial charge in [-0.1, -0.05) is 48.0 Å². The number of carbonyl (C=O) groups is 2. The van der Waals surface area contributed by atoms with Crippen molar-refractivity contribution in [1.82, 2.24) is 9.78 Å². The van der Waals surface area contributed by atoms with Gasteiger partial charge in [0.05, 0.1) is 29.6 Å². The molecule has 0 saturated heterocycles. The first-order valence-electron chi connectivity index (χ1n) is 8.60. The second kappa shape index (κ2) is 8.69. The van der Waals surface area contributed by atoms with Gasteiger partial charge in [-0.25, -0.2) is 4.68 Å². The Labute approximate surface area is 166 Å². The first-order valence-corrected chi connectivity index (χ1v) is 8.98. The summed E-state index contributed by atoms with van der Waals surface area (Å²) in [6.45, 7) is 1.81. The number of aromatic nitrogens is 2. The van der Waals surface area contributed by atoms with Gasteiger partial charge in [-0.2, -0.15) is 5.10 Å². The summed E-state index contributed by atoms with van der Waals surface area (Å²) >= 11 is 6.17. The third-order valence-electron chi connectivity index (χ3n) is 3.98. The van der Waals surface area contributed by atoms with E-state index in [1.807, 2.05) is 36.4 Å². The van der Waals surface area contributed by atoms with Crippen LogP contribution in [0.2, 0.25) is 5.02 Å². The summed E-state index contributed by atoms with van der Waals surface area (Å²) in [6, 6.07) is 16.4. The van der Waals surface area contributed by atoms with E-state index >= 15 is 0 Å². The van der Waals surface area contributed by atoms with Crippen LogP contribution in [-0.4, -0.2) is 33.3 Å². The second-order valence-corrected chi connectivity index (χ2v) is 6.49. The van der Waals surface area contributed by atoms with E-state index < -0.39 is 11.8 Å². The molecule has 0 spiro atoms. The first-order chi connectivity index (χ1) is 13.5. The van der Waals surface area contributed by atoms with Crippen LogP contribution in [0.1, 0.15) is 5.69 Å². The van der Waals surface area contributed by atoms with Crippen molar-refractivity contribution in [3.8, 4) is 11.1 Å². The van der Waals surface area contributed by atoms with E-state index in [0.717, 1.165) is 11.1 Å². The molecule has 2 amide bonds. The van der Waals surface area contributed by atoms with Gasteiger partial charge in [0.2, 0.25) is 0 Å². The van der Waals surface area contributed by atoms with E-state index in [9.17, 15) is 9.59 Å². The lowest BCUT2D eigenvalue weighted by Gasteiger charge is -2.11. The quantitative estimate of drug-likeness (QED) is 0.575. The maximum absolute atomic E-state index is 12.3. The van der Waals surface area contributed by atoms with E-state index in [1.165, 1.54) is 4.68 Å². The van der Waals surface area contributed by atoms with Crippen molar-refractivity contribution in [2.24, 2.45) is 0 Å². The van der Waals surface area contributed by atoms with Gasteiger partial charge in [0.15, 0.2) is 0 Å². The minimum atomic E-state index is -0.861. The van der Waals surface area contributed by atoms with Gasteiger partial charge >= 0.3 is 11.8 Å². The Bertz CT molecular complexity index is 1000. The average molecular weight is 399 g/mol. The Morgan fingerprint density at radius 3 is 2.46 bits per heavy atom. The number of halogens is 1. The number of amides is 2. The molecule has 7 nitrogen and oxygen atoms in total. The third-order valence-corrected chi connectivity index (χ3v) is 4.31. The van der Waals surface area contributed by atoms with E-state index in [4.69, 9.17) is 16.7 Å². The van der Waals surface area contributed by atoms with E-state index in [-0.39, 0.29) is 13.2 Å². The summed E-state index contributed by atoms with van der Waals surface area (Å²) in [5, 5.41) is 18.6. The molecule has 1 heterocycles. The van der Waals surface area contributed by atoms with Crippen molar-refractivity contribution >= 4 is 34.9 Å². The van der Waals surface area contributed by atoms with Gasteiger partial charge in [-0.05, 0) is 30.2 Å². The van der Waals surface area contributed by atoms with Crippen molar-refractivity contribution in [3.05, 3.63) is 65.3 Å². The lowest BCUT2D eigenvalue weighted by Crippen LogP contribution is -2.30. The lowest BCUT2D eigenvalue weighted by molar-refractivity contribution is -0.133. The van der Waals surface area contributed by atoms with Gasteiger partial charge in [0.1, 0.15) is 5.82 Å². The van der Waals surface area contributed by atoms with Crippen LogP contribution >= 0.6 is 11.6 Å². The smallest absolute Gasteiger partial charge is 0.315 e. The standard InChI is InChI=1S/C20H19ClN4O3/c1-13-11-18(25(24-13)9-10-26)23-20(28)19(27)22-17-12-15(7-8-16(17)21)14-5-3-2-4-6-14/h2-8,11-12,26H,9-10H2,1H3,(H,22,27)(H,23,28). The number of carbonyl (C=O) groups excluding carboxylic acids is 2. The van der Waals surface area contributed by atoms with Crippen LogP contribution in [0.25, 0.3) is 11.1 Å². The molecule has 144 valence electrons. The van der Waals surface area contributed by atoms with Gasteiger partial charge in [-0.15, -0.1) is 0 Å². The molecule has 0 saturated carbocycles. The fourth-order valence-electron chi connectivity index (χ4n) is 2.69. The number of aliphatic hydroxyl groups is 1. The Morgan fingerprint density at radius 1 is 1.04 bits per heavy atom. The minimum absolute atomic E-state index is 0.141. The topological polar surface area (TPSA) is 96.2 Å². The average Bonchev–Trinajstić information content (AvgIpc) is 3.03. The predicted molar refractivity (Wildman–Crippen MR) is 108 cm³/mol. The Hall–Kier alpha value is -3.16. The number of hydrogen-bond acceptors (Lipinski definition) is 4. The zero-order valence-electron chi connectivity index (χ0n) is 15.1. The summed E-state index contributed by atoms with van der Waals surface area (Å²) in [7, 11) is 0. The molecule has 2 aromatic carbocycles. The molecule has 0 radical (unpaired) electrons. The molecule has 3 rings (SSSR count). The molecular weight excluding hydrogens is 380 g/mol. The summed E-state index contributed by atoms with van der Waals surface area (Å²) in [5.74, 6) is -1.39. The van der Waals surface area contributed by atoms with E-state index in [2.05, 4.69) is 15.7 Å². The number of nitrogens with one attached hydrogen (secondary N) is 2. The highest BCUT2D eigenvalue weighted by Crippen LogP contribution is 2.28. The highest BCUT2D eigenvalue weighted by atomic mass is 35.5. The number of aliphatic hydroxyl groups excluding tert-OH is 1. The van der Waals surface area contributed by atoms with Crippen molar-refractivity contribution in [2.75, 3.05) is 17.2 Å². The molecule has 0 fully saturated rings. The van der Waals surface area contributed by atoms with Crippen LogP contribution in [0.3, 0.4) is 0 Å². The van der Waals surface area contributed by atoms with Gasteiger partial charge < -0.3 is 15.7 Å². The SMILES string of the molecule is Cc1cc(NC(=O)C(=O)Nc2cc(-c3ccccc3)ccc2Cl)n(CCO)n1. The molecule has 0 unspecified atom stereocenters. The molecule has 0 aliphatic heterocycles. The van der Waals surface area contributed by atoms with Crippen molar-refractivity contribution in [1.29, 1.82) is 0 Å². The second-order valence-electron chi connectivity index (χ2n) is 6.09.